The van der Waals surface area contributed by atoms with Crippen LogP contribution in [0.1, 0.15) is 245 Å². The largest absolute Gasteiger partial charge is 0.472 e. The maximum atomic E-state index is 13.0. The second-order valence-corrected chi connectivity index (χ2v) is 19.8. The van der Waals surface area contributed by atoms with Crippen molar-refractivity contribution in [2.45, 2.75) is 294 Å². The summed E-state index contributed by atoms with van der Waals surface area (Å²) >= 11 is 0. The van der Waals surface area contributed by atoms with Crippen LogP contribution >= 0.6 is 7.82 Å². The second-order valence-electron chi connectivity index (χ2n) is 18.4. The van der Waals surface area contributed by atoms with Gasteiger partial charge in [0.05, 0.1) is 18.8 Å². The van der Waals surface area contributed by atoms with Gasteiger partial charge in [0.1, 0.15) is 36.6 Å². The minimum atomic E-state index is -5.05. The molecule has 0 aliphatic heterocycles. The van der Waals surface area contributed by atoms with Crippen molar-refractivity contribution in [3.63, 3.8) is 0 Å². The van der Waals surface area contributed by atoms with E-state index in [4.69, 9.17) is 9.05 Å². The van der Waals surface area contributed by atoms with E-state index in [1.807, 2.05) is 0 Å². The molecule has 13 heteroatoms. The van der Waals surface area contributed by atoms with Crippen LogP contribution in [0.25, 0.3) is 0 Å². The molecule has 1 fully saturated rings. The molecule has 1 saturated carbocycles. The highest BCUT2D eigenvalue weighted by Crippen LogP contribution is 2.47. The average Bonchev–Trinajstić information content (AvgIpc) is 3.24. The van der Waals surface area contributed by atoms with Crippen LogP contribution in [0.2, 0.25) is 0 Å². The number of rotatable bonds is 43. The Hall–Kier alpha value is -0.660. The van der Waals surface area contributed by atoms with Crippen LogP contribution in [0.4, 0.5) is 0 Å². The summed E-state index contributed by atoms with van der Waals surface area (Å²) in [5.41, 5.74) is 0. The Morgan fingerprint density at radius 3 is 1.13 bits per heavy atom. The molecule has 0 spiro atoms. The number of aliphatic hydroxyl groups is 6. The van der Waals surface area contributed by atoms with Gasteiger partial charge < -0.3 is 40.8 Å². The first-order valence-electron chi connectivity index (χ1n) is 25.5. The van der Waals surface area contributed by atoms with E-state index in [0.29, 0.717) is 19.3 Å². The van der Waals surface area contributed by atoms with Gasteiger partial charge in [0, 0.05) is 6.42 Å². The minimum absolute atomic E-state index is 0.243. The molecule has 61 heavy (non-hydrogen) atoms. The van der Waals surface area contributed by atoms with Gasteiger partial charge in [0.25, 0.3) is 0 Å². The van der Waals surface area contributed by atoms with Gasteiger partial charge in [0.15, 0.2) is 0 Å². The third-order valence-electron chi connectivity index (χ3n) is 12.7. The fraction of sp³-hybridized carbons (Fsp3) is 0.979. The van der Waals surface area contributed by atoms with E-state index in [2.05, 4.69) is 19.2 Å². The molecule has 12 nitrogen and oxygen atoms in total. The molecule has 1 aliphatic carbocycles. The van der Waals surface area contributed by atoms with Crippen LogP contribution in [0.3, 0.4) is 0 Å². The highest BCUT2D eigenvalue weighted by Gasteiger charge is 2.51. The molecule has 1 rings (SSSR count). The topological polar surface area (TPSA) is 206 Å². The molecule has 0 bridgehead atoms. The molecule has 0 saturated heterocycles. The van der Waals surface area contributed by atoms with Gasteiger partial charge >= 0.3 is 7.82 Å². The lowest BCUT2D eigenvalue weighted by Crippen LogP contribution is -2.64. The minimum Gasteiger partial charge on any atom is -0.391 e. The lowest BCUT2D eigenvalue weighted by Gasteiger charge is -2.41. The Morgan fingerprint density at radius 2 is 0.787 bits per heavy atom. The van der Waals surface area contributed by atoms with Crippen molar-refractivity contribution < 1.29 is 53.9 Å². The number of amides is 1. The van der Waals surface area contributed by atoms with Crippen molar-refractivity contribution in [3.8, 4) is 0 Å². The summed E-state index contributed by atoms with van der Waals surface area (Å²) in [7, 11) is -5.05. The van der Waals surface area contributed by atoms with Crippen LogP contribution in [0.5, 0.6) is 0 Å². The van der Waals surface area contributed by atoms with E-state index in [1.165, 1.54) is 167 Å². The molecule has 0 aromatic rings. The summed E-state index contributed by atoms with van der Waals surface area (Å²) in [5, 5.41) is 64.3. The summed E-state index contributed by atoms with van der Waals surface area (Å²) in [6, 6.07) is -1.03. The zero-order valence-electron chi connectivity index (χ0n) is 39.0. The monoisotopic (exact) mass is 894 g/mol. The number of nitrogens with one attached hydrogen (secondary N) is 1. The Labute approximate surface area is 372 Å². The first-order valence-corrected chi connectivity index (χ1v) is 27.0. The van der Waals surface area contributed by atoms with Crippen LogP contribution in [0.15, 0.2) is 0 Å². The summed E-state index contributed by atoms with van der Waals surface area (Å²) in [6.07, 6.45) is 29.8. The van der Waals surface area contributed by atoms with Gasteiger partial charge in [-0.15, -0.1) is 0 Å². The van der Waals surface area contributed by atoms with Gasteiger partial charge in [-0.25, -0.2) is 4.57 Å². The number of unbranched alkanes of at least 4 members (excludes halogenated alkanes) is 32. The standard InChI is InChI=1S/C48H96NO11P/c1-3-5-7-9-11-13-15-17-19-21-23-25-27-29-31-33-35-37-41(50)40(39-59-61(57,58)60-48-46(55)44(53)43(52)45(54)47(48)56)49-42(51)38-36-34-32-30-28-26-24-22-20-18-16-14-12-10-8-6-4-2/h40-41,43-48,50,52-56H,3-39H2,1-2H3,(H,49,51)(H,57,58)/t40-,41+,43?,44+,45?,46?,47?,48?/m0/s1. The van der Waals surface area contributed by atoms with Gasteiger partial charge in [-0.3, -0.25) is 13.8 Å². The lowest BCUT2D eigenvalue weighted by atomic mass is 9.85. The molecule has 6 unspecified atom stereocenters. The Balaban J connectivity index is 2.41. The van der Waals surface area contributed by atoms with Crippen molar-refractivity contribution >= 4 is 13.7 Å². The zero-order chi connectivity index (χ0) is 45.0. The number of hydrogen-bond donors (Lipinski definition) is 8. The molecule has 0 aromatic heterocycles. The molecular weight excluding hydrogens is 797 g/mol. The van der Waals surface area contributed by atoms with Gasteiger partial charge in [0.2, 0.25) is 5.91 Å². The quantitative estimate of drug-likeness (QED) is 0.0214. The van der Waals surface area contributed by atoms with Crippen molar-refractivity contribution in [1.82, 2.24) is 5.32 Å². The Bertz CT molecular complexity index is 1040. The predicted molar refractivity (Wildman–Crippen MR) is 246 cm³/mol. The Morgan fingerprint density at radius 1 is 0.492 bits per heavy atom. The molecule has 0 radical (unpaired) electrons. The maximum Gasteiger partial charge on any atom is 0.472 e. The average molecular weight is 894 g/mol. The molecule has 1 amide bonds. The molecule has 0 aromatic carbocycles. The van der Waals surface area contributed by atoms with E-state index in [9.17, 15) is 44.9 Å². The number of carbonyl (C=O) groups excluding carboxylic acids is 1. The van der Waals surface area contributed by atoms with Crippen molar-refractivity contribution in [2.24, 2.45) is 0 Å². The number of aliphatic hydroxyl groups excluding tert-OH is 6. The summed E-state index contributed by atoms with van der Waals surface area (Å²) in [6.45, 7) is 3.92. The smallest absolute Gasteiger partial charge is 0.391 e. The summed E-state index contributed by atoms with van der Waals surface area (Å²) < 4.78 is 23.0. The van der Waals surface area contributed by atoms with Gasteiger partial charge in [-0.05, 0) is 12.8 Å². The highest BCUT2D eigenvalue weighted by molar-refractivity contribution is 7.47. The first kappa shape index (κ1) is 58.4. The van der Waals surface area contributed by atoms with Crippen LogP contribution in [-0.2, 0) is 18.4 Å². The van der Waals surface area contributed by atoms with Crippen molar-refractivity contribution in [3.05, 3.63) is 0 Å². The normalized spacial score (nSPS) is 22.6. The number of hydrogen-bond acceptors (Lipinski definition) is 10. The molecule has 364 valence electrons. The SMILES string of the molecule is CCCCCCCCCCCCCCCCCCCC(=O)N[C@@H](COP(=O)(O)OC1C(O)C(O)C(O)[C@@H](O)C1O)[C@H](O)CCCCCCCCCCCCCCCCCCC. The van der Waals surface area contributed by atoms with Crippen LogP contribution in [0, 0.1) is 0 Å². The van der Waals surface area contributed by atoms with Gasteiger partial charge in [-0.2, -0.15) is 0 Å². The third-order valence-corrected chi connectivity index (χ3v) is 13.7. The van der Waals surface area contributed by atoms with E-state index in [0.717, 1.165) is 38.5 Å². The van der Waals surface area contributed by atoms with Crippen LogP contribution in [-0.4, -0.2) is 96.8 Å². The van der Waals surface area contributed by atoms with E-state index >= 15 is 0 Å². The Kier molecular flexibility index (Phi) is 36.9. The second kappa shape index (κ2) is 38.6. The fourth-order valence-electron chi connectivity index (χ4n) is 8.50. The third kappa shape index (κ3) is 30.2. The predicted octanol–water partition coefficient (Wildman–Crippen LogP) is 10.2. The van der Waals surface area contributed by atoms with Crippen molar-refractivity contribution in [2.75, 3.05) is 6.61 Å². The molecule has 1 aliphatic rings. The molecule has 8 N–H and O–H groups in total. The maximum absolute atomic E-state index is 13.0. The fourth-order valence-corrected chi connectivity index (χ4v) is 9.46. The summed E-state index contributed by atoms with van der Waals surface area (Å²) in [5.74, 6) is -0.303. The number of phosphoric acid groups is 1. The van der Waals surface area contributed by atoms with Crippen molar-refractivity contribution in [1.29, 1.82) is 0 Å². The molecule has 9 atom stereocenters. The number of carbonyl (C=O) groups is 1. The lowest BCUT2D eigenvalue weighted by molar-refractivity contribution is -0.220. The molecule has 0 heterocycles. The molecular formula is C48H96NO11P. The van der Waals surface area contributed by atoms with E-state index in [1.54, 1.807) is 0 Å². The summed E-state index contributed by atoms with van der Waals surface area (Å²) in [4.78, 5) is 23.5. The zero-order valence-corrected chi connectivity index (χ0v) is 39.9. The van der Waals surface area contributed by atoms with Crippen LogP contribution < -0.4 is 5.32 Å². The van der Waals surface area contributed by atoms with E-state index < -0.39 is 63.2 Å². The van der Waals surface area contributed by atoms with Gasteiger partial charge in [-0.1, -0.05) is 226 Å². The van der Waals surface area contributed by atoms with E-state index in [-0.39, 0.29) is 12.3 Å². The number of phosphoric ester groups is 1. The first-order chi connectivity index (χ1) is 29.4. The highest BCUT2D eigenvalue weighted by atomic mass is 31.2.